The molecule has 1 nitrogen and oxygen atoms in total. The third-order valence-electron chi connectivity index (χ3n) is 4.92. The summed E-state index contributed by atoms with van der Waals surface area (Å²) in [5, 5.41) is 0. The summed E-state index contributed by atoms with van der Waals surface area (Å²) in [7, 11) is 2.34. The average Bonchev–Trinajstić information content (AvgIpc) is 3.01. The Balaban J connectivity index is 1.87. The second-order valence-corrected chi connectivity index (χ2v) is 5.90. The molecule has 0 aromatic carbocycles. The van der Waals surface area contributed by atoms with Gasteiger partial charge in [-0.2, -0.15) is 0 Å². The summed E-state index contributed by atoms with van der Waals surface area (Å²) in [5.41, 5.74) is 1.28. The van der Waals surface area contributed by atoms with Crippen LogP contribution >= 0.6 is 0 Å². The highest BCUT2D eigenvalue weighted by molar-refractivity contribution is 5.06. The third-order valence-corrected chi connectivity index (χ3v) is 4.92. The van der Waals surface area contributed by atoms with Gasteiger partial charge < -0.3 is 4.90 Å². The Morgan fingerprint density at radius 1 is 1.29 bits per heavy atom. The molecule has 0 spiro atoms. The van der Waals surface area contributed by atoms with Gasteiger partial charge >= 0.3 is 0 Å². The topological polar surface area (TPSA) is 3.24 Å². The van der Waals surface area contributed by atoms with E-state index >= 15 is 0 Å². The summed E-state index contributed by atoms with van der Waals surface area (Å²) in [4.78, 5) is 2.66. The van der Waals surface area contributed by atoms with Crippen molar-refractivity contribution in [1.82, 2.24) is 4.90 Å². The van der Waals surface area contributed by atoms with Crippen LogP contribution in [0, 0.1) is 11.3 Å². The highest BCUT2D eigenvalue weighted by Crippen LogP contribution is 2.56. The van der Waals surface area contributed by atoms with Crippen LogP contribution in [0.4, 0.5) is 0 Å². The van der Waals surface area contributed by atoms with Gasteiger partial charge in [-0.25, -0.2) is 0 Å². The van der Waals surface area contributed by atoms with E-state index in [1.807, 2.05) is 0 Å². The van der Waals surface area contributed by atoms with Gasteiger partial charge in [-0.3, -0.25) is 0 Å². The van der Waals surface area contributed by atoms with Crippen molar-refractivity contribution in [3.05, 3.63) is 0 Å². The highest BCUT2D eigenvalue weighted by Gasteiger charge is 2.53. The van der Waals surface area contributed by atoms with Crippen LogP contribution in [-0.2, 0) is 0 Å². The Kier molecular flexibility index (Phi) is 2.42. The first-order valence-electron chi connectivity index (χ1n) is 6.27. The number of hydrogen-bond acceptors (Lipinski definition) is 1. The van der Waals surface area contributed by atoms with Gasteiger partial charge in [0.2, 0.25) is 0 Å². The maximum absolute atomic E-state index is 2.66. The van der Waals surface area contributed by atoms with E-state index in [0.29, 0.717) is 11.0 Å². The van der Waals surface area contributed by atoms with Crippen LogP contribution in [-0.4, -0.2) is 24.0 Å². The summed E-state index contributed by atoms with van der Waals surface area (Å²) < 4.78 is 0. The monoisotopic (exact) mass is 195 g/mol. The van der Waals surface area contributed by atoms with E-state index in [2.05, 4.69) is 32.7 Å². The van der Waals surface area contributed by atoms with Crippen molar-refractivity contribution in [3.63, 3.8) is 0 Å². The predicted octanol–water partition coefficient (Wildman–Crippen LogP) is 3.30. The molecule has 0 heterocycles. The standard InChI is InChI=1S/C13H25N/c1-5-11-9-12(11,3)10-14(4)13(6-2)7-8-13/h11H,5-10H2,1-4H3. The van der Waals surface area contributed by atoms with Gasteiger partial charge in [-0.15, -0.1) is 0 Å². The number of nitrogens with zero attached hydrogens (tertiary/aromatic N) is 1. The minimum atomic E-state index is 0.615. The minimum absolute atomic E-state index is 0.615. The molecule has 2 aliphatic rings. The highest BCUT2D eigenvalue weighted by atomic mass is 15.2. The summed E-state index contributed by atoms with van der Waals surface area (Å²) in [6, 6.07) is 0. The molecule has 0 bridgehead atoms. The fourth-order valence-corrected chi connectivity index (χ4v) is 3.19. The van der Waals surface area contributed by atoms with Crippen molar-refractivity contribution in [3.8, 4) is 0 Å². The van der Waals surface area contributed by atoms with E-state index < -0.39 is 0 Å². The van der Waals surface area contributed by atoms with E-state index in [4.69, 9.17) is 0 Å². The van der Waals surface area contributed by atoms with Gasteiger partial charge in [0.15, 0.2) is 0 Å². The zero-order valence-corrected chi connectivity index (χ0v) is 10.3. The molecule has 82 valence electrons. The molecule has 2 aliphatic carbocycles. The van der Waals surface area contributed by atoms with Crippen LogP contribution in [0.15, 0.2) is 0 Å². The average molecular weight is 195 g/mol. The molecular weight excluding hydrogens is 170 g/mol. The fraction of sp³-hybridized carbons (Fsp3) is 1.00. The van der Waals surface area contributed by atoms with Gasteiger partial charge in [0.05, 0.1) is 0 Å². The van der Waals surface area contributed by atoms with E-state index in [9.17, 15) is 0 Å². The molecule has 2 atom stereocenters. The minimum Gasteiger partial charge on any atom is -0.300 e. The van der Waals surface area contributed by atoms with Crippen LogP contribution in [0.25, 0.3) is 0 Å². The van der Waals surface area contributed by atoms with Gasteiger partial charge in [-0.05, 0) is 44.1 Å². The molecule has 2 fully saturated rings. The molecule has 0 aromatic rings. The summed E-state index contributed by atoms with van der Waals surface area (Å²) in [6.45, 7) is 8.49. The molecule has 1 heteroatoms. The lowest BCUT2D eigenvalue weighted by atomic mass is 10.0. The van der Waals surface area contributed by atoms with Crippen molar-refractivity contribution in [2.75, 3.05) is 13.6 Å². The van der Waals surface area contributed by atoms with Crippen molar-refractivity contribution >= 4 is 0 Å². The second-order valence-electron chi connectivity index (χ2n) is 5.90. The Hall–Kier alpha value is -0.0400. The molecule has 2 unspecified atom stereocenters. The molecule has 0 aromatic heterocycles. The molecule has 0 N–H and O–H groups in total. The van der Waals surface area contributed by atoms with E-state index in [1.165, 1.54) is 38.6 Å². The maximum atomic E-state index is 2.66. The smallest absolute Gasteiger partial charge is 0.0205 e. The number of hydrogen-bond donors (Lipinski definition) is 0. The summed E-state index contributed by atoms with van der Waals surface area (Å²) >= 11 is 0. The summed E-state index contributed by atoms with van der Waals surface area (Å²) in [5.74, 6) is 1.01. The number of rotatable bonds is 5. The van der Waals surface area contributed by atoms with Crippen LogP contribution in [0.2, 0.25) is 0 Å². The first kappa shape index (κ1) is 10.5. The van der Waals surface area contributed by atoms with E-state index in [-0.39, 0.29) is 0 Å². The maximum Gasteiger partial charge on any atom is 0.0205 e. The van der Waals surface area contributed by atoms with Crippen molar-refractivity contribution in [2.24, 2.45) is 11.3 Å². The first-order chi connectivity index (χ1) is 6.56. The fourth-order valence-electron chi connectivity index (χ4n) is 3.19. The van der Waals surface area contributed by atoms with Gasteiger partial charge in [0.1, 0.15) is 0 Å². The van der Waals surface area contributed by atoms with Crippen molar-refractivity contribution in [1.29, 1.82) is 0 Å². The largest absolute Gasteiger partial charge is 0.300 e. The zero-order chi connectivity index (χ0) is 10.4. The molecule has 2 saturated carbocycles. The Morgan fingerprint density at radius 2 is 1.93 bits per heavy atom. The predicted molar refractivity (Wildman–Crippen MR) is 61.4 cm³/mol. The second kappa shape index (κ2) is 3.23. The zero-order valence-electron chi connectivity index (χ0n) is 10.3. The van der Waals surface area contributed by atoms with Gasteiger partial charge in [-0.1, -0.05) is 27.2 Å². The van der Waals surface area contributed by atoms with E-state index in [0.717, 1.165) is 5.92 Å². The van der Waals surface area contributed by atoms with Crippen LogP contribution in [0.3, 0.4) is 0 Å². The lowest BCUT2D eigenvalue weighted by Crippen LogP contribution is -2.37. The molecule has 0 radical (unpaired) electrons. The lowest BCUT2D eigenvalue weighted by molar-refractivity contribution is 0.172. The van der Waals surface area contributed by atoms with Crippen molar-refractivity contribution < 1.29 is 0 Å². The quantitative estimate of drug-likeness (QED) is 0.650. The van der Waals surface area contributed by atoms with Crippen LogP contribution in [0.5, 0.6) is 0 Å². The Bertz CT molecular complexity index is 219. The van der Waals surface area contributed by atoms with Gasteiger partial charge in [0.25, 0.3) is 0 Å². The van der Waals surface area contributed by atoms with Gasteiger partial charge in [0, 0.05) is 12.1 Å². The van der Waals surface area contributed by atoms with E-state index in [1.54, 1.807) is 0 Å². The van der Waals surface area contributed by atoms with Crippen molar-refractivity contribution in [2.45, 2.75) is 58.4 Å². The van der Waals surface area contributed by atoms with Crippen LogP contribution < -0.4 is 0 Å². The Morgan fingerprint density at radius 3 is 2.29 bits per heavy atom. The molecule has 0 amide bonds. The third kappa shape index (κ3) is 1.60. The molecule has 2 rings (SSSR count). The first-order valence-corrected chi connectivity index (χ1v) is 6.27. The SMILES string of the molecule is CCC1CC1(C)CN(C)C1(CC)CC1. The summed E-state index contributed by atoms with van der Waals surface area (Å²) in [6.07, 6.45) is 7.06. The van der Waals surface area contributed by atoms with Crippen LogP contribution in [0.1, 0.15) is 52.9 Å². The normalized spacial score (nSPS) is 38.8. The molecular formula is C13H25N. The molecule has 14 heavy (non-hydrogen) atoms. The Labute approximate surface area is 88.9 Å². The molecule has 0 saturated heterocycles. The molecule has 0 aliphatic heterocycles. The lowest BCUT2D eigenvalue weighted by Gasteiger charge is -2.30.